The second-order valence-corrected chi connectivity index (χ2v) is 17.0. The maximum atomic E-state index is 12.5. The number of esters is 2. The molecule has 2 aliphatic heterocycles. The van der Waals surface area contributed by atoms with Gasteiger partial charge in [-0.15, -0.1) is 22.7 Å². The molecule has 2 aromatic carbocycles. The van der Waals surface area contributed by atoms with Gasteiger partial charge in [-0.3, -0.25) is 14.4 Å². The number of carbonyl (C=O) groups is 2. The van der Waals surface area contributed by atoms with E-state index < -0.39 is 49.0 Å². The van der Waals surface area contributed by atoms with E-state index in [1.165, 1.54) is 25.6 Å². The van der Waals surface area contributed by atoms with Crippen molar-refractivity contribution in [2.75, 3.05) is 34.1 Å². The maximum absolute atomic E-state index is 12.5. The Labute approximate surface area is 329 Å². The van der Waals surface area contributed by atoms with Crippen LogP contribution < -0.4 is 8.92 Å². The molecule has 2 aromatic heterocycles. The Morgan fingerprint density at radius 1 is 0.815 bits per heavy atom. The Balaban J connectivity index is 0.000000208. The molecule has 0 saturated heterocycles. The lowest BCUT2D eigenvalue weighted by molar-refractivity contribution is -0.148. The molecule has 21 heteroatoms. The average molecular weight is 866 g/mol. The number of hydrogen-bond donors (Lipinski definition) is 3. The van der Waals surface area contributed by atoms with Crippen molar-refractivity contribution < 1.29 is 59.8 Å². The first kappa shape index (κ1) is 42.1. The molecule has 0 fully saturated rings. The number of thiophene rings is 2. The van der Waals surface area contributed by atoms with E-state index in [-0.39, 0.29) is 5.06 Å². The largest absolute Gasteiger partial charge is 0.472 e. The number of carbonyl (C=O) groups excluding carboxylic acids is 2. The summed E-state index contributed by atoms with van der Waals surface area (Å²) >= 11 is 15.1. The quantitative estimate of drug-likeness (QED) is 0.0651. The molecular weight excluding hydrogens is 830 g/mol. The Hall–Kier alpha value is -3.10. The third-order valence-electron chi connectivity index (χ3n) is 8.34. The van der Waals surface area contributed by atoms with Crippen LogP contribution in [0.2, 0.25) is 10.0 Å². The van der Waals surface area contributed by atoms with Gasteiger partial charge in [0, 0.05) is 46.0 Å². The Morgan fingerprint density at radius 3 is 1.69 bits per heavy atom. The number of methoxy groups -OCH3 is 2. The first-order valence-electron chi connectivity index (χ1n) is 15.9. The van der Waals surface area contributed by atoms with Gasteiger partial charge in [-0.1, -0.05) is 59.6 Å². The third-order valence-corrected chi connectivity index (χ3v) is 12.2. The smallest absolute Gasteiger partial charge is 0.468 e. The molecule has 0 bridgehead atoms. The minimum Gasteiger partial charge on any atom is -0.468 e. The fraction of sp³-hybridized carbons (Fsp3) is 0.333. The van der Waals surface area contributed by atoms with Crippen LogP contribution in [0.1, 0.15) is 44.1 Å². The minimum absolute atomic E-state index is 0.0895. The van der Waals surface area contributed by atoms with Crippen LogP contribution in [0.25, 0.3) is 0 Å². The zero-order valence-electron chi connectivity index (χ0n) is 28.6. The second-order valence-electron chi connectivity index (χ2n) is 11.8. The molecule has 292 valence electrons. The maximum Gasteiger partial charge on any atom is 0.472 e. The average Bonchev–Trinajstić information content (AvgIpc) is 3.71. The number of halogens is 2. The Morgan fingerprint density at radius 2 is 1.26 bits per heavy atom. The molecule has 54 heavy (non-hydrogen) atoms. The third kappa shape index (κ3) is 11.0. The number of benzene rings is 2. The summed E-state index contributed by atoms with van der Waals surface area (Å²) in [7, 11) is -6.48. The number of rotatable bonds is 12. The van der Waals surface area contributed by atoms with E-state index in [4.69, 9.17) is 51.8 Å². The van der Waals surface area contributed by atoms with Crippen LogP contribution in [0, 0.1) is 0 Å². The number of nitrogens with zero attached hydrogens (tertiary/aromatic N) is 2. The van der Waals surface area contributed by atoms with Gasteiger partial charge in [0.15, 0.2) is 10.1 Å². The summed E-state index contributed by atoms with van der Waals surface area (Å²) < 4.78 is 65.4. The summed E-state index contributed by atoms with van der Waals surface area (Å²) in [6.45, 7) is 1.52. The second kappa shape index (κ2) is 18.2. The van der Waals surface area contributed by atoms with E-state index in [1.807, 2.05) is 15.9 Å². The molecule has 2 atom stereocenters. The number of phosphoric acid groups is 1. The Kier molecular flexibility index (Phi) is 14.2. The van der Waals surface area contributed by atoms with Gasteiger partial charge in [0.1, 0.15) is 12.1 Å². The highest BCUT2D eigenvalue weighted by Crippen LogP contribution is 2.40. The van der Waals surface area contributed by atoms with E-state index >= 15 is 0 Å². The number of ether oxygens (including phenoxy) is 3. The monoisotopic (exact) mass is 864 g/mol. The topological polar surface area (TPSA) is 199 Å². The molecule has 0 radical (unpaired) electrons. The van der Waals surface area contributed by atoms with Gasteiger partial charge in [0.2, 0.25) is 6.79 Å². The molecule has 0 unspecified atom stereocenters. The van der Waals surface area contributed by atoms with Crippen LogP contribution in [0.4, 0.5) is 0 Å². The van der Waals surface area contributed by atoms with Gasteiger partial charge in [-0.25, -0.2) is 18.7 Å². The summed E-state index contributed by atoms with van der Waals surface area (Å²) in [4.78, 5) is 48.2. The van der Waals surface area contributed by atoms with Crippen molar-refractivity contribution in [2.24, 2.45) is 0 Å². The summed E-state index contributed by atoms with van der Waals surface area (Å²) in [6, 6.07) is 16.3. The standard InChI is InChI=1S/C17H19ClNO7PS.C16H16ClNO6S2/c1-24-17(20)16(12-4-2-3-5-13(12)18)19-7-6-14-11(9-19)8-15(28-14)25-10-26-27(21,22)23;1-23-16(19)15(11-4-2-3-5-12(11)17)18-7-6-13-10(9-18)8-14(25-13)24-26(20,21)22/h2-5,8,16H,6-7,9-10H2,1H3,(H2,21,22,23);2-5,8,15H,6-7,9H2,1H3,(H,20,21,22)/t16-;15-/m00/s1. The molecule has 0 amide bonds. The summed E-state index contributed by atoms with van der Waals surface area (Å²) in [5.74, 6) is -0.815. The number of hydrogen-bond acceptors (Lipinski definition) is 14. The van der Waals surface area contributed by atoms with Crippen molar-refractivity contribution in [3.8, 4) is 10.1 Å². The lowest BCUT2D eigenvalue weighted by Crippen LogP contribution is -2.38. The summed E-state index contributed by atoms with van der Waals surface area (Å²) in [6.07, 6.45) is 1.30. The van der Waals surface area contributed by atoms with Crippen LogP contribution in [-0.4, -0.2) is 78.6 Å². The van der Waals surface area contributed by atoms with E-state index in [0.29, 0.717) is 65.3 Å². The van der Waals surface area contributed by atoms with Crippen LogP contribution >= 0.6 is 53.7 Å². The highest BCUT2D eigenvalue weighted by Gasteiger charge is 2.35. The number of phosphoric ester groups is 1. The van der Waals surface area contributed by atoms with Gasteiger partial charge in [-0.2, -0.15) is 8.42 Å². The molecule has 2 aliphatic rings. The van der Waals surface area contributed by atoms with Crippen molar-refractivity contribution in [1.82, 2.24) is 9.80 Å². The lowest BCUT2D eigenvalue weighted by atomic mass is 10.0. The lowest BCUT2D eigenvalue weighted by Gasteiger charge is -2.33. The highest BCUT2D eigenvalue weighted by atomic mass is 35.5. The fourth-order valence-electron chi connectivity index (χ4n) is 6.03. The van der Waals surface area contributed by atoms with Gasteiger partial charge >= 0.3 is 30.2 Å². The van der Waals surface area contributed by atoms with Crippen molar-refractivity contribution in [3.63, 3.8) is 0 Å². The molecular formula is C33H35Cl2N2O13PS3. The van der Waals surface area contributed by atoms with Crippen LogP contribution in [0.3, 0.4) is 0 Å². The van der Waals surface area contributed by atoms with Gasteiger partial charge in [0.05, 0.1) is 14.2 Å². The van der Waals surface area contributed by atoms with Gasteiger partial charge in [-0.05, 0) is 59.4 Å². The minimum atomic E-state index is -4.58. The van der Waals surface area contributed by atoms with Crippen molar-refractivity contribution in [2.45, 2.75) is 38.0 Å². The van der Waals surface area contributed by atoms with E-state index in [2.05, 4.69) is 8.71 Å². The first-order valence-corrected chi connectivity index (χ1v) is 21.2. The zero-order valence-corrected chi connectivity index (χ0v) is 33.5. The fourth-order valence-corrected chi connectivity index (χ4v) is 9.24. The molecule has 0 saturated carbocycles. The molecule has 3 N–H and O–H groups in total. The summed E-state index contributed by atoms with van der Waals surface area (Å²) in [5.41, 5.74) is 3.14. The molecule has 0 spiro atoms. The van der Waals surface area contributed by atoms with Crippen molar-refractivity contribution >= 4 is 76.0 Å². The van der Waals surface area contributed by atoms with Crippen molar-refractivity contribution in [3.05, 3.63) is 103 Å². The van der Waals surface area contributed by atoms with Crippen LogP contribution in [-0.2, 0) is 64.5 Å². The summed E-state index contributed by atoms with van der Waals surface area (Å²) in [5, 5.41) is 1.54. The highest BCUT2D eigenvalue weighted by molar-refractivity contribution is 7.81. The molecule has 15 nitrogen and oxygen atoms in total. The molecule has 4 aromatic rings. The normalized spacial score (nSPS) is 15.8. The predicted octanol–water partition coefficient (Wildman–Crippen LogP) is 5.98. The van der Waals surface area contributed by atoms with E-state index in [9.17, 15) is 22.6 Å². The molecule has 6 rings (SSSR count). The Bertz CT molecular complexity index is 2120. The van der Waals surface area contributed by atoms with Crippen LogP contribution in [0.15, 0.2) is 60.7 Å². The van der Waals surface area contributed by atoms with Gasteiger partial charge < -0.3 is 28.2 Å². The predicted molar refractivity (Wildman–Crippen MR) is 200 cm³/mol. The first-order chi connectivity index (χ1) is 25.6. The van der Waals surface area contributed by atoms with E-state index in [0.717, 1.165) is 32.2 Å². The molecule has 0 aliphatic carbocycles. The van der Waals surface area contributed by atoms with Crippen LogP contribution in [0.5, 0.6) is 10.1 Å². The van der Waals surface area contributed by atoms with Gasteiger partial charge in [0.25, 0.3) is 0 Å². The number of fused-ring (bicyclic) bond motifs is 2. The van der Waals surface area contributed by atoms with Crippen molar-refractivity contribution in [1.29, 1.82) is 0 Å². The molecule has 4 heterocycles. The zero-order chi connectivity index (χ0) is 39.2. The van der Waals surface area contributed by atoms with E-state index in [1.54, 1.807) is 54.6 Å². The SMILES string of the molecule is COC(=O)[C@H](c1ccccc1Cl)N1CCc2sc(OCOP(=O)(O)O)cc2C1.COC(=O)[C@H](c1ccccc1Cl)N1CCc2sc(OS(=O)(=O)O)cc2C1.